The van der Waals surface area contributed by atoms with Crippen molar-refractivity contribution in [2.24, 2.45) is 0 Å². The summed E-state index contributed by atoms with van der Waals surface area (Å²) < 4.78 is 11.7. The highest BCUT2D eigenvalue weighted by atomic mass is 16.5. The fraction of sp³-hybridized carbons (Fsp3) is 0.931. The standard InChI is InChI=1S/C29H58O3/c1-4-7-9-11-13-15-16-17-19-21-23-28(30)26-32-29(27-31-25-6-3)24-22-20-18-14-12-10-8-5-2/h6,28-30H,3-5,7-27H2,1-2H3. The first kappa shape index (κ1) is 31.6. The van der Waals surface area contributed by atoms with Gasteiger partial charge in [0.05, 0.1) is 32.0 Å². The Morgan fingerprint density at radius 3 is 1.53 bits per heavy atom. The lowest BCUT2D eigenvalue weighted by molar-refractivity contribution is -0.0506. The average molecular weight is 455 g/mol. The van der Waals surface area contributed by atoms with Crippen molar-refractivity contribution in [2.45, 2.75) is 154 Å². The van der Waals surface area contributed by atoms with E-state index in [-0.39, 0.29) is 12.2 Å². The molecule has 0 bridgehead atoms. The largest absolute Gasteiger partial charge is 0.391 e. The van der Waals surface area contributed by atoms with Gasteiger partial charge < -0.3 is 14.6 Å². The van der Waals surface area contributed by atoms with Gasteiger partial charge in [0.2, 0.25) is 0 Å². The van der Waals surface area contributed by atoms with E-state index in [1.807, 2.05) is 0 Å². The first-order valence-corrected chi connectivity index (χ1v) is 14.2. The van der Waals surface area contributed by atoms with E-state index in [9.17, 15) is 5.11 Å². The fourth-order valence-electron chi connectivity index (χ4n) is 4.20. The van der Waals surface area contributed by atoms with Crippen molar-refractivity contribution in [3.8, 4) is 0 Å². The molecule has 0 radical (unpaired) electrons. The minimum atomic E-state index is -0.343. The summed E-state index contributed by atoms with van der Waals surface area (Å²) in [5.41, 5.74) is 0. The zero-order chi connectivity index (χ0) is 23.5. The maximum absolute atomic E-state index is 10.3. The number of aliphatic hydroxyl groups excluding tert-OH is 1. The SMILES string of the molecule is C=CCOCC(CCCCCCCCCC)OCC(O)CCCCCCCCCCCC. The van der Waals surface area contributed by atoms with E-state index in [4.69, 9.17) is 9.47 Å². The van der Waals surface area contributed by atoms with Gasteiger partial charge in [0.25, 0.3) is 0 Å². The molecule has 1 N–H and O–H groups in total. The van der Waals surface area contributed by atoms with Gasteiger partial charge in [0, 0.05) is 0 Å². The second kappa shape index (κ2) is 26.9. The Kier molecular flexibility index (Phi) is 26.5. The normalized spacial score (nSPS) is 13.3. The Hall–Kier alpha value is -0.380. The van der Waals surface area contributed by atoms with Crippen LogP contribution in [0.15, 0.2) is 12.7 Å². The van der Waals surface area contributed by atoms with Gasteiger partial charge in [-0.25, -0.2) is 0 Å². The van der Waals surface area contributed by atoms with Crippen molar-refractivity contribution in [3.63, 3.8) is 0 Å². The molecule has 32 heavy (non-hydrogen) atoms. The van der Waals surface area contributed by atoms with Crippen LogP contribution in [-0.2, 0) is 9.47 Å². The van der Waals surface area contributed by atoms with Crippen LogP contribution < -0.4 is 0 Å². The molecule has 0 aromatic carbocycles. The van der Waals surface area contributed by atoms with Gasteiger partial charge >= 0.3 is 0 Å². The minimum Gasteiger partial charge on any atom is -0.391 e. The van der Waals surface area contributed by atoms with Crippen LogP contribution in [0.3, 0.4) is 0 Å². The summed E-state index contributed by atoms with van der Waals surface area (Å²) >= 11 is 0. The lowest BCUT2D eigenvalue weighted by atomic mass is 10.0. The Balaban J connectivity index is 3.75. The smallest absolute Gasteiger partial charge is 0.0810 e. The first-order chi connectivity index (χ1) is 15.7. The van der Waals surface area contributed by atoms with Crippen LogP contribution in [0, 0.1) is 0 Å². The number of hydrogen-bond donors (Lipinski definition) is 1. The Labute approximate surface area is 201 Å². The molecule has 3 heteroatoms. The third kappa shape index (κ3) is 24.3. The molecule has 0 saturated carbocycles. The molecular formula is C29H58O3. The summed E-state index contributed by atoms with van der Waals surface area (Å²) in [6.45, 7) is 9.87. The van der Waals surface area contributed by atoms with Gasteiger partial charge in [-0.05, 0) is 12.8 Å². The van der Waals surface area contributed by atoms with Gasteiger partial charge in [-0.15, -0.1) is 6.58 Å². The third-order valence-corrected chi connectivity index (χ3v) is 6.33. The number of unbranched alkanes of at least 4 members (excludes halogenated alkanes) is 16. The third-order valence-electron chi connectivity index (χ3n) is 6.33. The monoisotopic (exact) mass is 454 g/mol. The van der Waals surface area contributed by atoms with Crippen LogP contribution >= 0.6 is 0 Å². The minimum absolute atomic E-state index is 0.0948. The quantitative estimate of drug-likeness (QED) is 0.0995. The highest BCUT2D eigenvalue weighted by Crippen LogP contribution is 2.15. The van der Waals surface area contributed by atoms with Crippen LogP contribution in [0.5, 0.6) is 0 Å². The van der Waals surface area contributed by atoms with Gasteiger partial charge in [0.1, 0.15) is 0 Å². The molecule has 3 nitrogen and oxygen atoms in total. The van der Waals surface area contributed by atoms with Gasteiger partial charge in [-0.3, -0.25) is 0 Å². The Morgan fingerprint density at radius 1 is 0.625 bits per heavy atom. The van der Waals surface area contributed by atoms with Crippen LogP contribution in [-0.4, -0.2) is 37.1 Å². The number of aliphatic hydroxyl groups is 1. The number of hydrogen-bond acceptors (Lipinski definition) is 3. The van der Waals surface area contributed by atoms with Crippen molar-refractivity contribution in [3.05, 3.63) is 12.7 Å². The molecule has 0 heterocycles. The van der Waals surface area contributed by atoms with Gasteiger partial charge in [0.15, 0.2) is 0 Å². The molecule has 2 atom stereocenters. The Bertz CT molecular complexity index is 358. The van der Waals surface area contributed by atoms with Crippen LogP contribution in [0.4, 0.5) is 0 Å². The molecular weight excluding hydrogens is 396 g/mol. The van der Waals surface area contributed by atoms with Crippen molar-refractivity contribution < 1.29 is 14.6 Å². The fourth-order valence-corrected chi connectivity index (χ4v) is 4.20. The maximum atomic E-state index is 10.3. The molecule has 0 aliphatic carbocycles. The van der Waals surface area contributed by atoms with E-state index in [2.05, 4.69) is 20.4 Å². The van der Waals surface area contributed by atoms with E-state index < -0.39 is 0 Å². The molecule has 0 aromatic heterocycles. The maximum Gasteiger partial charge on any atom is 0.0810 e. The average Bonchev–Trinajstić information content (AvgIpc) is 2.80. The number of rotatable bonds is 27. The molecule has 192 valence electrons. The highest BCUT2D eigenvalue weighted by Gasteiger charge is 2.12. The lowest BCUT2D eigenvalue weighted by Gasteiger charge is -2.20. The summed E-state index contributed by atoms with van der Waals surface area (Å²) in [4.78, 5) is 0. The topological polar surface area (TPSA) is 38.7 Å². The van der Waals surface area contributed by atoms with E-state index in [1.165, 1.54) is 109 Å². The molecule has 0 amide bonds. The molecule has 0 saturated heterocycles. The summed E-state index contributed by atoms with van der Waals surface area (Å²) in [7, 11) is 0. The summed E-state index contributed by atoms with van der Waals surface area (Å²) in [5.74, 6) is 0. The summed E-state index contributed by atoms with van der Waals surface area (Å²) in [6.07, 6.45) is 27.3. The Morgan fingerprint density at radius 2 is 1.06 bits per heavy atom. The second-order valence-electron chi connectivity index (χ2n) is 9.67. The van der Waals surface area contributed by atoms with E-state index in [1.54, 1.807) is 6.08 Å². The van der Waals surface area contributed by atoms with Crippen LogP contribution in [0.2, 0.25) is 0 Å². The predicted molar refractivity (Wildman–Crippen MR) is 140 cm³/mol. The first-order valence-electron chi connectivity index (χ1n) is 14.2. The molecule has 0 spiro atoms. The van der Waals surface area contributed by atoms with Crippen LogP contribution in [0.1, 0.15) is 142 Å². The second-order valence-corrected chi connectivity index (χ2v) is 9.67. The molecule has 0 aromatic rings. The highest BCUT2D eigenvalue weighted by molar-refractivity contribution is 4.66. The predicted octanol–water partition coefficient (Wildman–Crippen LogP) is 8.78. The zero-order valence-electron chi connectivity index (χ0n) is 22.0. The summed E-state index contributed by atoms with van der Waals surface area (Å²) in [6, 6.07) is 0. The van der Waals surface area contributed by atoms with Crippen molar-refractivity contribution in [1.29, 1.82) is 0 Å². The van der Waals surface area contributed by atoms with Crippen molar-refractivity contribution in [1.82, 2.24) is 0 Å². The molecule has 0 aliphatic rings. The van der Waals surface area contributed by atoms with E-state index in [0.29, 0.717) is 19.8 Å². The molecule has 0 rings (SSSR count). The molecule has 0 aliphatic heterocycles. The summed E-state index contributed by atoms with van der Waals surface area (Å²) in [5, 5.41) is 10.3. The zero-order valence-corrected chi connectivity index (χ0v) is 22.0. The van der Waals surface area contributed by atoms with Gasteiger partial charge in [-0.2, -0.15) is 0 Å². The van der Waals surface area contributed by atoms with E-state index in [0.717, 1.165) is 19.3 Å². The van der Waals surface area contributed by atoms with E-state index >= 15 is 0 Å². The lowest BCUT2D eigenvalue weighted by Crippen LogP contribution is -2.25. The number of ether oxygens (including phenoxy) is 2. The van der Waals surface area contributed by atoms with Gasteiger partial charge in [-0.1, -0.05) is 135 Å². The van der Waals surface area contributed by atoms with Crippen molar-refractivity contribution >= 4 is 0 Å². The van der Waals surface area contributed by atoms with Crippen molar-refractivity contribution in [2.75, 3.05) is 19.8 Å². The molecule has 0 fully saturated rings. The molecule has 2 unspecified atom stereocenters. The van der Waals surface area contributed by atoms with Crippen LogP contribution in [0.25, 0.3) is 0 Å².